The minimum Gasteiger partial charge on any atom is -0.378 e. The third-order valence-electron chi connectivity index (χ3n) is 5.59. The van der Waals surface area contributed by atoms with Gasteiger partial charge in [-0.1, -0.05) is 72.3 Å². The highest BCUT2D eigenvalue weighted by Crippen LogP contribution is 2.59. The maximum absolute atomic E-state index is 14.9. The summed E-state index contributed by atoms with van der Waals surface area (Å²) in [6, 6.07) is 34.7. The van der Waals surface area contributed by atoms with Crippen molar-refractivity contribution in [3.8, 4) is 0 Å². The lowest BCUT2D eigenvalue weighted by molar-refractivity contribution is 0.305. The summed E-state index contributed by atoms with van der Waals surface area (Å²) >= 11 is 6.17. The topological polar surface area (TPSA) is 41.6 Å². The number of hydrogen-bond acceptors (Lipinski definition) is 4. The quantitative estimate of drug-likeness (QED) is 0.249. The summed E-state index contributed by atoms with van der Waals surface area (Å²) in [6.45, 7) is 0.230. The molecule has 2 unspecified atom stereocenters. The maximum atomic E-state index is 14.9. The van der Waals surface area contributed by atoms with Crippen molar-refractivity contribution in [3.05, 3.63) is 125 Å². The van der Waals surface area contributed by atoms with Gasteiger partial charge in [0.2, 0.25) is 0 Å². The molecule has 0 heterocycles. The van der Waals surface area contributed by atoms with Crippen molar-refractivity contribution >= 4 is 35.6 Å². The Balaban J connectivity index is 1.80. The molecule has 0 aromatic heterocycles. The second-order valence-electron chi connectivity index (χ2n) is 8.23. The molecule has 2 atom stereocenters. The molecule has 4 rings (SSSR count). The van der Waals surface area contributed by atoms with Crippen LogP contribution >= 0.6 is 19.0 Å². The fraction of sp³-hybridized carbons (Fsp3) is 0.143. The Kier molecular flexibility index (Phi) is 7.74. The van der Waals surface area contributed by atoms with Gasteiger partial charge in [0, 0.05) is 35.8 Å². The van der Waals surface area contributed by atoms with Crippen LogP contribution in [0.1, 0.15) is 16.9 Å². The molecule has 0 spiro atoms. The molecular formula is C28H28ClN2O2P. The zero-order chi connectivity index (χ0) is 24.0. The van der Waals surface area contributed by atoms with Gasteiger partial charge in [-0.25, -0.2) is 0 Å². The van der Waals surface area contributed by atoms with Crippen molar-refractivity contribution in [2.75, 3.05) is 24.3 Å². The van der Waals surface area contributed by atoms with E-state index in [-0.39, 0.29) is 6.61 Å². The van der Waals surface area contributed by atoms with Crippen LogP contribution < -0.4 is 15.5 Å². The Labute approximate surface area is 206 Å². The van der Waals surface area contributed by atoms with Crippen molar-refractivity contribution in [3.63, 3.8) is 0 Å². The second-order valence-corrected chi connectivity index (χ2v) is 11.2. The van der Waals surface area contributed by atoms with Gasteiger partial charge in [-0.2, -0.15) is 0 Å². The molecule has 0 radical (unpaired) electrons. The second kappa shape index (κ2) is 10.9. The summed E-state index contributed by atoms with van der Waals surface area (Å²) in [5, 5.41) is 4.76. The number of para-hydroxylation sites is 1. The van der Waals surface area contributed by atoms with Crippen LogP contribution in [0.5, 0.6) is 0 Å². The maximum Gasteiger partial charge on any atom is 0.258 e. The standard InChI is InChI=1S/C28H28ClN2O2P/c1-31(2)26-17-19-27(20-18-26)34(32,33-21-22-9-5-3-6-10-22)28(23-13-15-24(29)16-14-23)30-25-11-7-4-8-12-25/h3-20,28,30H,21H2,1-2H3. The summed E-state index contributed by atoms with van der Waals surface area (Å²) in [6.07, 6.45) is 0. The van der Waals surface area contributed by atoms with E-state index < -0.39 is 13.2 Å². The van der Waals surface area contributed by atoms with Crippen LogP contribution in [0.4, 0.5) is 11.4 Å². The molecule has 4 aromatic carbocycles. The number of halogens is 1. The largest absolute Gasteiger partial charge is 0.378 e. The Bertz CT molecular complexity index is 1230. The monoisotopic (exact) mass is 490 g/mol. The Morgan fingerprint density at radius 3 is 2.00 bits per heavy atom. The van der Waals surface area contributed by atoms with E-state index in [1.54, 1.807) is 0 Å². The lowest BCUT2D eigenvalue weighted by Crippen LogP contribution is -2.21. The molecule has 174 valence electrons. The lowest BCUT2D eigenvalue weighted by atomic mass is 10.2. The third-order valence-corrected chi connectivity index (χ3v) is 8.48. The van der Waals surface area contributed by atoms with Gasteiger partial charge in [-0.05, 0) is 59.7 Å². The minimum absolute atomic E-state index is 0.230. The number of rotatable bonds is 9. The highest BCUT2D eigenvalue weighted by Gasteiger charge is 2.38. The predicted molar refractivity (Wildman–Crippen MR) is 143 cm³/mol. The van der Waals surface area contributed by atoms with E-state index >= 15 is 0 Å². The van der Waals surface area contributed by atoms with Gasteiger partial charge in [-0.3, -0.25) is 4.57 Å². The van der Waals surface area contributed by atoms with Crippen LogP contribution in [0, 0.1) is 0 Å². The average Bonchev–Trinajstić information content (AvgIpc) is 2.88. The molecule has 0 amide bonds. The van der Waals surface area contributed by atoms with E-state index in [1.165, 1.54) is 0 Å². The van der Waals surface area contributed by atoms with Gasteiger partial charge in [0.05, 0.1) is 6.61 Å². The number of benzene rings is 4. The molecule has 0 saturated carbocycles. The molecule has 0 aliphatic heterocycles. The van der Waals surface area contributed by atoms with Crippen LogP contribution in [0.25, 0.3) is 0 Å². The highest BCUT2D eigenvalue weighted by atomic mass is 35.5. The van der Waals surface area contributed by atoms with E-state index in [1.807, 2.05) is 128 Å². The molecule has 0 fully saturated rings. The van der Waals surface area contributed by atoms with Crippen LogP contribution in [0.3, 0.4) is 0 Å². The molecule has 0 aliphatic rings. The van der Waals surface area contributed by atoms with Crippen molar-refractivity contribution in [2.24, 2.45) is 0 Å². The Morgan fingerprint density at radius 1 is 0.824 bits per heavy atom. The Hall–Kier alpha value is -3.04. The number of nitrogens with one attached hydrogen (secondary N) is 1. The van der Waals surface area contributed by atoms with Gasteiger partial charge in [0.1, 0.15) is 5.78 Å². The van der Waals surface area contributed by atoms with E-state index in [4.69, 9.17) is 16.1 Å². The zero-order valence-electron chi connectivity index (χ0n) is 19.3. The highest BCUT2D eigenvalue weighted by molar-refractivity contribution is 7.67. The van der Waals surface area contributed by atoms with Crippen molar-refractivity contribution in [1.29, 1.82) is 0 Å². The first-order valence-corrected chi connectivity index (χ1v) is 13.2. The zero-order valence-corrected chi connectivity index (χ0v) is 20.9. The molecule has 34 heavy (non-hydrogen) atoms. The number of hydrogen-bond donors (Lipinski definition) is 1. The van der Waals surface area contributed by atoms with Gasteiger partial charge in [0.25, 0.3) is 7.37 Å². The summed E-state index contributed by atoms with van der Waals surface area (Å²) in [4.78, 5) is 2.01. The molecule has 0 saturated heterocycles. The first-order valence-electron chi connectivity index (χ1n) is 11.1. The number of nitrogens with zero attached hydrogens (tertiary/aromatic N) is 1. The fourth-order valence-corrected chi connectivity index (χ4v) is 6.21. The van der Waals surface area contributed by atoms with E-state index in [9.17, 15) is 4.57 Å². The minimum atomic E-state index is -3.47. The smallest absolute Gasteiger partial charge is 0.258 e. The van der Waals surface area contributed by atoms with Gasteiger partial charge < -0.3 is 14.7 Å². The van der Waals surface area contributed by atoms with Gasteiger partial charge in [0.15, 0.2) is 0 Å². The summed E-state index contributed by atoms with van der Waals surface area (Å²) in [5.74, 6) is -0.610. The van der Waals surface area contributed by atoms with E-state index in [0.717, 1.165) is 22.5 Å². The average molecular weight is 491 g/mol. The van der Waals surface area contributed by atoms with E-state index in [2.05, 4.69) is 5.32 Å². The molecule has 1 N–H and O–H groups in total. The Morgan fingerprint density at radius 2 is 1.41 bits per heavy atom. The molecular weight excluding hydrogens is 463 g/mol. The first-order chi connectivity index (χ1) is 16.5. The molecule has 4 nitrogen and oxygen atoms in total. The molecule has 4 aromatic rings. The predicted octanol–water partition coefficient (Wildman–Crippen LogP) is 7.34. The molecule has 0 bridgehead atoms. The third kappa shape index (κ3) is 5.71. The van der Waals surface area contributed by atoms with Crippen LogP contribution in [-0.2, 0) is 15.7 Å². The van der Waals surface area contributed by atoms with Crippen LogP contribution in [0.15, 0.2) is 109 Å². The number of anilines is 2. The fourth-order valence-electron chi connectivity index (χ4n) is 3.70. The lowest BCUT2D eigenvalue weighted by Gasteiger charge is -2.30. The van der Waals surface area contributed by atoms with Gasteiger partial charge >= 0.3 is 0 Å². The van der Waals surface area contributed by atoms with Crippen molar-refractivity contribution in [1.82, 2.24) is 0 Å². The first kappa shape index (κ1) is 24.1. The summed E-state index contributed by atoms with van der Waals surface area (Å²) < 4.78 is 21.3. The van der Waals surface area contributed by atoms with Crippen molar-refractivity contribution < 1.29 is 9.09 Å². The van der Waals surface area contributed by atoms with Crippen LogP contribution in [0.2, 0.25) is 5.02 Å². The van der Waals surface area contributed by atoms with E-state index in [0.29, 0.717) is 10.3 Å². The van der Waals surface area contributed by atoms with Gasteiger partial charge in [-0.15, -0.1) is 0 Å². The summed E-state index contributed by atoms with van der Waals surface area (Å²) in [5.41, 5.74) is 3.68. The van der Waals surface area contributed by atoms with Crippen LogP contribution in [-0.4, -0.2) is 14.1 Å². The normalized spacial score (nSPS) is 13.6. The van der Waals surface area contributed by atoms with Crippen molar-refractivity contribution in [2.45, 2.75) is 12.4 Å². The molecule has 6 heteroatoms. The SMILES string of the molecule is CN(C)c1ccc(P(=O)(OCc2ccccc2)C(Nc2ccccc2)c2ccc(Cl)cc2)cc1. The molecule has 0 aliphatic carbocycles. The summed E-state index contributed by atoms with van der Waals surface area (Å²) in [7, 11) is 0.488.